The quantitative estimate of drug-likeness (QED) is 0.0935. The van der Waals surface area contributed by atoms with Gasteiger partial charge in [-0.25, -0.2) is 0 Å². The summed E-state index contributed by atoms with van der Waals surface area (Å²) in [5, 5.41) is 34.6. The van der Waals surface area contributed by atoms with Gasteiger partial charge in [-0.05, 0) is 73.3 Å². The van der Waals surface area contributed by atoms with Crippen molar-refractivity contribution in [3.63, 3.8) is 0 Å². The van der Waals surface area contributed by atoms with E-state index in [1.54, 1.807) is 25.3 Å². The van der Waals surface area contributed by atoms with Crippen LogP contribution in [0.15, 0.2) is 48.7 Å². The molecule has 0 amide bonds. The van der Waals surface area contributed by atoms with Crippen molar-refractivity contribution in [2.24, 2.45) is 11.7 Å². The number of phenolic OH excluding ortho intramolecular Hbond substituents is 1. The number of allylic oxidation sites excluding steroid dienone is 1. The number of likely N-dealkylation sites (N-methyl/N-ethyl adjacent to an activating group) is 1. The molecule has 6 N–H and O–H groups in total. The number of hydrogen-bond donors (Lipinski definition) is 5. The topological polar surface area (TPSA) is 225 Å². The number of ether oxygens (including phenoxy) is 8. The van der Waals surface area contributed by atoms with Crippen molar-refractivity contribution in [2.75, 3.05) is 40.2 Å². The molecule has 0 saturated carbocycles. The Morgan fingerprint density at radius 2 is 1.79 bits per heavy atom. The van der Waals surface area contributed by atoms with Crippen molar-refractivity contribution in [1.29, 1.82) is 0 Å². The Morgan fingerprint density at radius 3 is 2.56 bits per heavy atom. The van der Waals surface area contributed by atoms with Gasteiger partial charge in [-0.3, -0.25) is 9.59 Å². The van der Waals surface area contributed by atoms with Gasteiger partial charge < -0.3 is 69.2 Å². The fourth-order valence-electron chi connectivity index (χ4n) is 8.50. The molecular formula is C44H52N2O15. The molecule has 61 heavy (non-hydrogen) atoms. The van der Waals surface area contributed by atoms with Gasteiger partial charge in [0.25, 0.3) is 0 Å². The fraction of sp³-hybridized carbons (Fsp3) is 0.500. The number of carbonyl (C=O) groups excluding carboxylic acids is 1. The van der Waals surface area contributed by atoms with Crippen LogP contribution in [0, 0.1) is 5.92 Å². The van der Waals surface area contributed by atoms with Gasteiger partial charge in [0.1, 0.15) is 48.6 Å². The molecule has 0 unspecified atom stereocenters. The van der Waals surface area contributed by atoms with Crippen LogP contribution in [0.4, 0.5) is 0 Å². The van der Waals surface area contributed by atoms with E-state index in [9.17, 15) is 19.8 Å². The second kappa shape index (κ2) is 18.0. The van der Waals surface area contributed by atoms with E-state index in [0.29, 0.717) is 65.9 Å². The van der Waals surface area contributed by atoms with Crippen molar-refractivity contribution in [3.05, 3.63) is 82.1 Å². The lowest BCUT2D eigenvalue weighted by atomic mass is 9.84. The van der Waals surface area contributed by atoms with Crippen LogP contribution in [0.1, 0.15) is 78.5 Å². The van der Waals surface area contributed by atoms with Crippen LogP contribution in [-0.2, 0) is 46.3 Å². The average Bonchev–Trinajstić information content (AvgIpc) is 3.86. The lowest BCUT2D eigenvalue weighted by molar-refractivity contribution is -0.373. The number of aromatic hydroxyl groups is 1. The Kier molecular flexibility index (Phi) is 12.5. The molecule has 0 radical (unpaired) electrons. The molecule has 0 bridgehead atoms. The van der Waals surface area contributed by atoms with E-state index in [1.807, 2.05) is 31.2 Å². The number of hydrogen-bond acceptors (Lipinski definition) is 16. The van der Waals surface area contributed by atoms with Crippen molar-refractivity contribution in [1.82, 2.24) is 5.32 Å². The summed E-state index contributed by atoms with van der Waals surface area (Å²) in [5.74, 6) is 0.180. The maximum atomic E-state index is 12.2. The molecule has 3 aromatic rings. The highest BCUT2D eigenvalue weighted by Gasteiger charge is 2.51. The first kappa shape index (κ1) is 42.4. The van der Waals surface area contributed by atoms with Gasteiger partial charge in [0.05, 0.1) is 25.4 Å². The number of phenols is 1. The first-order chi connectivity index (χ1) is 29.4. The minimum Gasteiger partial charge on any atom is -0.508 e. The summed E-state index contributed by atoms with van der Waals surface area (Å²) in [5.41, 5.74) is 11.1. The second-order valence-corrected chi connectivity index (χ2v) is 16.3. The number of rotatable bonds is 13. The molecule has 8 rings (SSSR count). The molecule has 1 saturated heterocycles. The molecule has 9 atom stereocenters. The molecule has 5 aliphatic rings. The number of esters is 1. The Hall–Kier alpha value is -5.30. The molecule has 3 aromatic carbocycles. The minimum atomic E-state index is -1.50. The van der Waals surface area contributed by atoms with Crippen molar-refractivity contribution < 1.29 is 72.6 Å². The first-order valence-corrected chi connectivity index (χ1v) is 20.6. The number of aryl methyl sites for hydroxylation is 1. The summed E-state index contributed by atoms with van der Waals surface area (Å²) in [6.45, 7) is 6.60. The molecule has 17 nitrogen and oxygen atoms in total. The Morgan fingerprint density at radius 1 is 0.984 bits per heavy atom. The molecule has 328 valence electrons. The lowest BCUT2D eigenvalue weighted by Crippen LogP contribution is -2.61. The number of carbonyl (C=O) groups is 2. The molecule has 5 aliphatic heterocycles. The third kappa shape index (κ3) is 8.76. The van der Waals surface area contributed by atoms with Gasteiger partial charge in [0, 0.05) is 40.8 Å². The third-order valence-corrected chi connectivity index (χ3v) is 11.3. The molecule has 0 spiro atoms. The second-order valence-electron chi connectivity index (χ2n) is 16.3. The highest BCUT2D eigenvalue weighted by molar-refractivity contribution is 5.90. The van der Waals surface area contributed by atoms with E-state index in [0.717, 1.165) is 22.4 Å². The summed E-state index contributed by atoms with van der Waals surface area (Å²) >= 11 is 0. The monoisotopic (exact) mass is 848 g/mol. The highest BCUT2D eigenvalue weighted by Crippen LogP contribution is 2.58. The van der Waals surface area contributed by atoms with Crippen LogP contribution >= 0.6 is 0 Å². The number of benzene rings is 3. The Bertz CT molecular complexity index is 2140. The lowest BCUT2D eigenvalue weighted by Gasteiger charge is -2.43. The summed E-state index contributed by atoms with van der Waals surface area (Å²) in [6.07, 6.45) is -3.29. The summed E-state index contributed by atoms with van der Waals surface area (Å²) < 4.78 is 48.9. The number of fused-ring (bicyclic) bond motifs is 8. The van der Waals surface area contributed by atoms with Crippen molar-refractivity contribution >= 4 is 11.9 Å². The minimum absolute atomic E-state index is 0.0183. The fourth-order valence-corrected chi connectivity index (χ4v) is 8.50. The van der Waals surface area contributed by atoms with Crippen molar-refractivity contribution in [2.45, 2.75) is 94.7 Å². The van der Waals surface area contributed by atoms with Crippen LogP contribution in [0.5, 0.6) is 34.5 Å². The standard InChI is InChI=1S/C44H52N2O15/c1-5-22-9-23(11-25(47)10-22)26-6-7-52-42-38(51)35(19-54-37(50)15-36(48)49)58-44(55-17-24(45)16-46-4)43(42)61-60-33-14-29-32(12-27(26)33)53-18-31-28-13-34-41(57-20-56-34)30(8-21(2)3)39(28)59-40(29)31/h6-7,9-14,21,24,26,31,35,38,40,42-44,46-47,51H,5,8,15-20,45H2,1-4H3,(H,48,49)/b7-6-/t24-,26-,31-,35-,38-,40-,42+,43-,44-/m1/s1. The number of carboxylic acid groups (broad SMARTS) is 1. The van der Waals surface area contributed by atoms with Gasteiger partial charge in [-0.2, -0.15) is 4.89 Å². The largest absolute Gasteiger partial charge is 0.508 e. The molecule has 1 fully saturated rings. The third-order valence-electron chi connectivity index (χ3n) is 11.3. The van der Waals surface area contributed by atoms with Crippen LogP contribution in [0.25, 0.3) is 0 Å². The number of carboxylic acids is 1. The summed E-state index contributed by atoms with van der Waals surface area (Å²) in [4.78, 5) is 35.9. The maximum Gasteiger partial charge on any atom is 0.317 e. The number of nitrogens with two attached hydrogens (primary N) is 1. The van der Waals surface area contributed by atoms with Crippen LogP contribution in [-0.4, -0.2) is 104 Å². The predicted octanol–water partition coefficient (Wildman–Crippen LogP) is 3.88. The number of aliphatic carboxylic acids is 1. The van der Waals surface area contributed by atoms with Gasteiger partial charge >= 0.3 is 11.9 Å². The number of nitrogens with one attached hydrogen (secondary N) is 1. The zero-order valence-electron chi connectivity index (χ0n) is 34.4. The van der Waals surface area contributed by atoms with Gasteiger partial charge in [0.2, 0.25) is 6.79 Å². The van der Waals surface area contributed by atoms with E-state index in [2.05, 4.69) is 19.2 Å². The zero-order chi connectivity index (χ0) is 42.9. The molecule has 5 heterocycles. The van der Waals surface area contributed by atoms with Crippen LogP contribution < -0.4 is 34.9 Å². The highest BCUT2D eigenvalue weighted by atomic mass is 17.2. The molecule has 0 aromatic heterocycles. The van der Waals surface area contributed by atoms with Gasteiger partial charge in [-0.1, -0.05) is 26.8 Å². The van der Waals surface area contributed by atoms with Crippen molar-refractivity contribution in [3.8, 4) is 34.5 Å². The predicted molar refractivity (Wildman–Crippen MR) is 214 cm³/mol. The maximum absolute atomic E-state index is 12.2. The van der Waals surface area contributed by atoms with E-state index in [1.165, 1.54) is 6.26 Å². The summed E-state index contributed by atoms with van der Waals surface area (Å²) in [6, 6.07) is 10.5. The molecular weight excluding hydrogens is 796 g/mol. The number of aliphatic hydroxyl groups excluding tert-OH is 1. The van der Waals surface area contributed by atoms with Gasteiger partial charge in [0.15, 0.2) is 35.7 Å². The normalized spacial score (nSPS) is 26.7. The van der Waals surface area contributed by atoms with E-state index < -0.39 is 73.7 Å². The van der Waals surface area contributed by atoms with Crippen LogP contribution in [0.3, 0.4) is 0 Å². The Balaban J connectivity index is 1.18. The molecule has 0 aliphatic carbocycles. The smallest absolute Gasteiger partial charge is 0.317 e. The first-order valence-electron chi connectivity index (χ1n) is 20.6. The van der Waals surface area contributed by atoms with Gasteiger partial charge in [-0.15, -0.1) is 0 Å². The Labute approximate surface area is 352 Å². The SMILES string of the molecule is CCc1cc(O)cc([C@H]2/C=C\O[C@H]3[C@H](O)[C@@H](COC(=O)CC(=O)O)O[C@@H](OC[C@H](N)CNC)[C@@H]3OOc3cc4c(cc32)OC[C@@H]2c3cc5c(c(CC(C)C)c3O[C@H]42)OCO5)c1. The van der Waals surface area contributed by atoms with E-state index >= 15 is 0 Å². The van der Waals surface area contributed by atoms with E-state index in [-0.39, 0.29) is 30.8 Å². The van der Waals surface area contributed by atoms with E-state index in [4.69, 9.17) is 58.5 Å². The van der Waals surface area contributed by atoms with Crippen LogP contribution in [0.2, 0.25) is 0 Å². The average molecular weight is 849 g/mol. The number of aliphatic hydroxyl groups is 1. The molecule has 17 heteroatoms. The summed E-state index contributed by atoms with van der Waals surface area (Å²) in [7, 11) is 1.74. The zero-order valence-corrected chi connectivity index (χ0v) is 34.4.